The first-order valence-electron chi connectivity index (χ1n) is 17.4. The van der Waals surface area contributed by atoms with Crippen molar-refractivity contribution in [3.63, 3.8) is 0 Å². The molecule has 0 aromatic rings. The molecule has 0 aliphatic heterocycles. The third kappa shape index (κ3) is 31.7. The van der Waals surface area contributed by atoms with Crippen molar-refractivity contribution in [2.75, 3.05) is 23.0 Å². The summed E-state index contributed by atoms with van der Waals surface area (Å²) < 4.78 is 0. The minimum Gasteiger partial charge on any atom is -0.823 e. The summed E-state index contributed by atoms with van der Waals surface area (Å²) in [5, 5.41) is 0. The largest absolute Gasteiger partial charge is 2.00 e. The molecule has 11 heteroatoms. The second-order valence-corrected chi connectivity index (χ2v) is 28.1. The summed E-state index contributed by atoms with van der Waals surface area (Å²) in [5.41, 5.74) is -6.29. The van der Waals surface area contributed by atoms with E-state index in [1.165, 1.54) is 103 Å². The second kappa shape index (κ2) is 33.2. The van der Waals surface area contributed by atoms with Crippen molar-refractivity contribution >= 4 is 56.0 Å². The van der Waals surface area contributed by atoms with Crippen LogP contribution in [-0.4, -0.2) is 37.7 Å². The molecule has 0 saturated carbocycles. The Hall–Kier alpha value is 2.72. The third-order valence-electron chi connectivity index (χ3n) is 8.08. The topological polar surface area (TPSA) is 83.8 Å². The molecule has 0 aromatic carbocycles. The van der Waals surface area contributed by atoms with Crippen LogP contribution in [0.25, 0.3) is 0 Å². The third-order valence-corrected chi connectivity index (χ3v) is 22.7. The monoisotopic (exact) mass is 774 g/mol. The first kappa shape index (κ1) is 50.1. The molecule has 260 valence electrons. The predicted octanol–water partition coefficient (Wildman–Crippen LogP) is 10.5. The minimum atomic E-state index is -3.36. The van der Waals surface area contributed by atoms with Gasteiger partial charge in [-0.2, -0.15) is 5.69 Å². The summed E-state index contributed by atoms with van der Waals surface area (Å²) in [6.07, 6.45) is 24.5. The first-order chi connectivity index (χ1) is 19.9. The van der Waals surface area contributed by atoms with E-state index >= 15 is 0 Å². The molecule has 4 nitrogen and oxygen atoms in total. The Morgan fingerprint density at radius 2 is 0.907 bits per heavy atom. The fourth-order valence-electron chi connectivity index (χ4n) is 5.04. The number of unbranched alkanes of at least 4 members (excludes halogenated alkanes) is 12. The maximum Gasteiger partial charge on any atom is 2.00 e. The minimum absolute atomic E-state index is 0. The molecule has 0 aliphatic carbocycles. The van der Waals surface area contributed by atoms with Gasteiger partial charge in [0, 0.05) is 0 Å². The van der Waals surface area contributed by atoms with Gasteiger partial charge in [-0.05, 0) is 60.5 Å². The summed E-state index contributed by atoms with van der Waals surface area (Å²) in [6, 6.07) is 0. The van der Waals surface area contributed by atoms with Crippen molar-refractivity contribution in [2.45, 2.75) is 170 Å². The van der Waals surface area contributed by atoms with Gasteiger partial charge in [-0.3, -0.25) is 0 Å². The van der Waals surface area contributed by atoms with Crippen LogP contribution in [0.15, 0.2) is 0 Å². The molecule has 0 bridgehead atoms. The van der Waals surface area contributed by atoms with Crippen molar-refractivity contribution in [1.82, 2.24) is 0 Å². The molecule has 3 N–H and O–H groups in total. The van der Waals surface area contributed by atoms with E-state index in [4.69, 9.17) is 12.2 Å². The summed E-state index contributed by atoms with van der Waals surface area (Å²) >= 11 is 9.09. The quantitative estimate of drug-likeness (QED) is 0.0231. The molecular formula is C32H72O4P2S4Zn. The smallest absolute Gasteiger partial charge is 0.823 e. The van der Waals surface area contributed by atoms with Gasteiger partial charge in [-0.15, -0.1) is 10.1 Å². The van der Waals surface area contributed by atoms with Crippen molar-refractivity contribution < 1.29 is 39.1 Å². The zero-order valence-electron chi connectivity index (χ0n) is 29.1. The van der Waals surface area contributed by atoms with Gasteiger partial charge in [-0.1, -0.05) is 157 Å². The fourth-order valence-corrected chi connectivity index (χ4v) is 16.4. The molecule has 0 amide bonds. The Morgan fingerprint density at radius 1 is 0.581 bits per heavy atom. The van der Waals surface area contributed by atoms with Crippen LogP contribution >= 0.6 is 23.6 Å². The normalized spacial score (nSPS) is 15.3. The maximum absolute atomic E-state index is 12.1. The average Bonchev–Trinajstić information content (AvgIpc) is 2.93. The Labute approximate surface area is 297 Å². The molecule has 0 aromatic heterocycles. The van der Waals surface area contributed by atoms with E-state index < -0.39 is 21.5 Å². The predicted molar refractivity (Wildman–Crippen MR) is 204 cm³/mol. The van der Waals surface area contributed by atoms with E-state index in [1.807, 2.05) is 0 Å². The van der Waals surface area contributed by atoms with Crippen molar-refractivity contribution in [1.29, 1.82) is 0 Å². The molecule has 0 saturated heterocycles. The first-order valence-corrected chi connectivity index (χ1v) is 27.2. The number of thiol groups is 1. The molecule has 0 aliphatic rings. The van der Waals surface area contributed by atoms with E-state index in [-0.39, 0.29) is 29.6 Å². The summed E-state index contributed by atoms with van der Waals surface area (Å²) in [7, 11) is -0.752. The molecular weight excluding hydrogens is 704 g/mol. The van der Waals surface area contributed by atoms with Gasteiger partial charge in [0.1, 0.15) is 0 Å². The van der Waals surface area contributed by atoms with E-state index in [1.54, 1.807) is 0 Å². The molecule has 43 heavy (non-hydrogen) atoms. The number of rotatable bonds is 26. The van der Waals surface area contributed by atoms with E-state index in [0.717, 1.165) is 48.7 Å². The van der Waals surface area contributed by atoms with E-state index in [2.05, 4.69) is 53.8 Å². The van der Waals surface area contributed by atoms with Gasteiger partial charge in [-0.25, -0.2) is 10.1 Å². The van der Waals surface area contributed by atoms with Crippen LogP contribution in [0.5, 0.6) is 0 Å². The Balaban J connectivity index is -0.000000727. The zero-order valence-corrected chi connectivity index (χ0v) is 37.2. The van der Waals surface area contributed by atoms with Crippen LogP contribution in [0, 0.1) is 11.8 Å². The van der Waals surface area contributed by atoms with Crippen LogP contribution in [0.1, 0.15) is 170 Å². The van der Waals surface area contributed by atoms with Gasteiger partial charge in [0.15, 0.2) is 5.69 Å². The van der Waals surface area contributed by atoms with Gasteiger partial charge in [0.2, 0.25) is 0 Å². The molecule has 0 fully saturated rings. The van der Waals surface area contributed by atoms with Crippen molar-refractivity contribution in [2.24, 2.45) is 11.8 Å². The van der Waals surface area contributed by atoms with Crippen LogP contribution in [0.3, 0.4) is 0 Å². The van der Waals surface area contributed by atoms with Gasteiger partial charge in [0.25, 0.3) is 0 Å². The van der Waals surface area contributed by atoms with Crippen molar-refractivity contribution in [3.8, 4) is 0 Å². The van der Waals surface area contributed by atoms with Crippen LogP contribution in [0.4, 0.5) is 0 Å². The SMILES string of the molecule is CCCCC(CC)CS(CC(CC)CCCC)=P([O-])(O)[S-].CCCCCCCCS(CCCCCCCC)=P(O)(O)S.[Zn+2]. The van der Waals surface area contributed by atoms with Crippen molar-refractivity contribution in [3.05, 3.63) is 0 Å². The van der Waals surface area contributed by atoms with Gasteiger partial charge >= 0.3 is 19.5 Å². The van der Waals surface area contributed by atoms with Gasteiger partial charge < -0.3 is 31.8 Å². The molecule has 0 spiro atoms. The van der Waals surface area contributed by atoms with E-state index in [9.17, 15) is 19.6 Å². The molecule has 0 radical (unpaired) electrons. The fraction of sp³-hybridized carbons (Fsp3) is 1.00. The van der Waals surface area contributed by atoms with Crippen LogP contribution in [-0.2, 0) is 51.9 Å². The Kier molecular flexibility index (Phi) is 38.7. The number of hydrogen-bond acceptors (Lipinski definition) is 2. The second-order valence-electron chi connectivity index (χ2n) is 12.0. The molecule has 0 rings (SSSR count). The number of hydrogen-bond donors (Lipinski definition) is 4. The summed E-state index contributed by atoms with van der Waals surface area (Å²) in [5.74, 6) is 4.81. The maximum atomic E-state index is 12.1. The molecule has 3 atom stereocenters. The van der Waals surface area contributed by atoms with Crippen LogP contribution in [0.2, 0.25) is 0 Å². The standard InChI is InChI=1S/C16H35O2PS2.C16H37O2PS2.Zn/c1-5-9-11-15(7-3)13-21(19(17,18)20)14-16(8-4)12-10-6-2;1-3-5-7-9-11-13-15-21(19(17,18)20)16-14-12-10-8-6-4-2;/h15-16H,5-14H2,1-4H3,(H-2,17,18,20);17-18,20H,3-16H2,1-2H3;/q-2;;+2. The Bertz CT molecular complexity index is 678. The summed E-state index contributed by atoms with van der Waals surface area (Å²) in [6.45, 7) is 13.3. The van der Waals surface area contributed by atoms with E-state index in [0.29, 0.717) is 11.8 Å². The van der Waals surface area contributed by atoms with Gasteiger partial charge in [0.05, 0.1) is 0 Å². The Morgan fingerprint density at radius 3 is 1.19 bits per heavy atom. The molecule has 0 heterocycles. The summed E-state index contributed by atoms with van der Waals surface area (Å²) in [4.78, 5) is 42.0. The van der Waals surface area contributed by atoms with Crippen LogP contribution < -0.4 is 4.89 Å². The zero-order chi connectivity index (χ0) is 32.3. The molecule has 3 unspecified atom stereocenters. The average molecular weight is 777 g/mol.